The molecule has 0 saturated carbocycles. The average molecular weight is 240 g/mol. The van der Waals surface area contributed by atoms with Crippen molar-refractivity contribution in [2.24, 2.45) is 0 Å². The van der Waals surface area contributed by atoms with Gasteiger partial charge in [0.1, 0.15) is 0 Å². The fourth-order valence-electron chi connectivity index (χ4n) is 2.12. The first-order valence-electron chi connectivity index (χ1n) is 5.98. The van der Waals surface area contributed by atoms with Gasteiger partial charge in [0.15, 0.2) is 0 Å². The summed E-state index contributed by atoms with van der Waals surface area (Å²) < 4.78 is 0. The Labute approximate surface area is 107 Å². The number of carboxylic acids is 1. The van der Waals surface area contributed by atoms with Crippen molar-refractivity contribution in [3.05, 3.63) is 70.8 Å². The molecular weight excluding hydrogens is 224 g/mol. The molecule has 1 unspecified atom stereocenters. The number of aryl methyl sites for hydroxylation is 1. The third-order valence-corrected chi connectivity index (χ3v) is 3.15. The van der Waals surface area contributed by atoms with Crippen LogP contribution in [0.1, 0.15) is 39.9 Å². The van der Waals surface area contributed by atoms with Crippen LogP contribution in [0.15, 0.2) is 48.5 Å². The van der Waals surface area contributed by atoms with E-state index >= 15 is 0 Å². The summed E-state index contributed by atoms with van der Waals surface area (Å²) in [5.74, 6) is -0.676. The van der Waals surface area contributed by atoms with Crippen molar-refractivity contribution >= 4 is 5.97 Å². The third kappa shape index (κ3) is 2.59. The smallest absolute Gasteiger partial charge is 0.335 e. The highest BCUT2D eigenvalue weighted by Crippen LogP contribution is 2.25. The predicted octanol–water partition coefficient (Wildman–Crippen LogP) is 3.85. The molecule has 18 heavy (non-hydrogen) atoms. The number of carbonyl (C=O) groups is 1. The van der Waals surface area contributed by atoms with E-state index in [9.17, 15) is 4.79 Å². The zero-order chi connectivity index (χ0) is 13.1. The maximum atomic E-state index is 11.1. The molecule has 0 aliphatic rings. The largest absolute Gasteiger partial charge is 0.478 e. The van der Waals surface area contributed by atoms with Crippen molar-refractivity contribution in [2.45, 2.75) is 19.8 Å². The molecule has 0 bridgehead atoms. The summed E-state index contributed by atoms with van der Waals surface area (Å²) in [6, 6.07) is 15.6. The van der Waals surface area contributed by atoms with Crippen LogP contribution in [0, 0.1) is 6.92 Å². The van der Waals surface area contributed by atoms with Crippen LogP contribution >= 0.6 is 0 Å². The second kappa shape index (κ2) is 5.05. The van der Waals surface area contributed by atoms with Crippen LogP contribution in [0.5, 0.6) is 0 Å². The Morgan fingerprint density at radius 1 is 1.06 bits per heavy atom. The maximum Gasteiger partial charge on any atom is 0.335 e. The molecule has 1 atom stereocenters. The van der Waals surface area contributed by atoms with Gasteiger partial charge in [0.25, 0.3) is 0 Å². The number of hydrogen-bond donors (Lipinski definition) is 1. The predicted molar refractivity (Wildman–Crippen MR) is 72.1 cm³/mol. The van der Waals surface area contributed by atoms with Crippen LogP contribution in [0.3, 0.4) is 0 Å². The zero-order valence-electron chi connectivity index (χ0n) is 10.6. The van der Waals surface area contributed by atoms with Crippen LogP contribution in [-0.2, 0) is 0 Å². The van der Waals surface area contributed by atoms with Gasteiger partial charge in [-0.1, -0.05) is 43.3 Å². The zero-order valence-corrected chi connectivity index (χ0v) is 10.6. The first-order chi connectivity index (χ1) is 8.58. The summed E-state index contributed by atoms with van der Waals surface area (Å²) in [5.41, 5.74) is 3.57. The Hall–Kier alpha value is -2.09. The number of aromatic carboxylic acids is 1. The van der Waals surface area contributed by atoms with E-state index in [0.29, 0.717) is 5.56 Å². The SMILES string of the molecule is Cc1cc(C(=O)O)cc(C(C)c2ccccc2)c1. The topological polar surface area (TPSA) is 37.3 Å². The van der Waals surface area contributed by atoms with Crippen molar-refractivity contribution in [1.82, 2.24) is 0 Å². The lowest BCUT2D eigenvalue weighted by Crippen LogP contribution is -2.02. The number of benzene rings is 2. The number of hydrogen-bond acceptors (Lipinski definition) is 1. The van der Waals surface area contributed by atoms with Gasteiger partial charge in [-0.2, -0.15) is 0 Å². The first-order valence-corrected chi connectivity index (χ1v) is 5.98. The fourth-order valence-corrected chi connectivity index (χ4v) is 2.12. The van der Waals surface area contributed by atoms with Gasteiger partial charge in [-0.15, -0.1) is 0 Å². The molecule has 0 spiro atoms. The Balaban J connectivity index is 2.42. The molecule has 0 aliphatic carbocycles. The lowest BCUT2D eigenvalue weighted by molar-refractivity contribution is 0.0696. The molecule has 2 nitrogen and oxygen atoms in total. The molecule has 92 valence electrons. The molecule has 0 aromatic heterocycles. The molecule has 2 aromatic carbocycles. The maximum absolute atomic E-state index is 11.1. The summed E-state index contributed by atoms with van der Waals surface area (Å²) in [6.45, 7) is 4.02. The molecule has 1 N–H and O–H groups in total. The van der Waals surface area contributed by atoms with E-state index in [2.05, 4.69) is 19.1 Å². The normalized spacial score (nSPS) is 12.1. The summed E-state index contributed by atoms with van der Waals surface area (Å²) in [7, 11) is 0. The Morgan fingerprint density at radius 2 is 1.72 bits per heavy atom. The number of rotatable bonds is 3. The Kier molecular flexibility index (Phi) is 3.47. The minimum Gasteiger partial charge on any atom is -0.478 e. The van der Waals surface area contributed by atoms with Crippen molar-refractivity contribution in [3.8, 4) is 0 Å². The Morgan fingerprint density at radius 3 is 2.33 bits per heavy atom. The first kappa shape index (κ1) is 12.4. The van der Waals surface area contributed by atoms with Crippen LogP contribution in [0.4, 0.5) is 0 Å². The molecule has 0 aliphatic heterocycles. The molecule has 2 rings (SSSR count). The lowest BCUT2D eigenvalue weighted by Gasteiger charge is -2.14. The van der Waals surface area contributed by atoms with Gasteiger partial charge in [0, 0.05) is 5.92 Å². The summed E-state index contributed by atoms with van der Waals surface area (Å²) in [5, 5.41) is 9.09. The van der Waals surface area contributed by atoms with Crippen LogP contribution in [0.25, 0.3) is 0 Å². The van der Waals surface area contributed by atoms with Gasteiger partial charge < -0.3 is 5.11 Å². The van der Waals surface area contributed by atoms with Crippen molar-refractivity contribution in [3.63, 3.8) is 0 Å². The van der Waals surface area contributed by atoms with Crippen molar-refractivity contribution in [2.75, 3.05) is 0 Å². The third-order valence-electron chi connectivity index (χ3n) is 3.15. The minimum absolute atomic E-state index is 0.198. The van der Waals surface area contributed by atoms with Crippen LogP contribution in [0.2, 0.25) is 0 Å². The van der Waals surface area contributed by atoms with Gasteiger partial charge in [-0.3, -0.25) is 0 Å². The molecule has 0 amide bonds. The van der Waals surface area contributed by atoms with E-state index in [0.717, 1.165) is 11.1 Å². The highest BCUT2D eigenvalue weighted by molar-refractivity contribution is 5.88. The van der Waals surface area contributed by atoms with Gasteiger partial charge in [-0.25, -0.2) is 4.79 Å². The standard InChI is InChI=1S/C16H16O2/c1-11-8-14(10-15(9-11)16(17)18)12(2)13-6-4-3-5-7-13/h3-10,12H,1-2H3,(H,17,18). The van der Waals surface area contributed by atoms with Gasteiger partial charge in [0.05, 0.1) is 5.56 Å². The molecule has 0 heterocycles. The second-order valence-electron chi connectivity index (χ2n) is 4.57. The molecule has 0 radical (unpaired) electrons. The summed E-state index contributed by atoms with van der Waals surface area (Å²) >= 11 is 0. The number of carboxylic acid groups (broad SMARTS) is 1. The highest BCUT2D eigenvalue weighted by Gasteiger charge is 2.11. The molecule has 2 heteroatoms. The fraction of sp³-hybridized carbons (Fsp3) is 0.188. The van der Waals surface area contributed by atoms with E-state index in [4.69, 9.17) is 5.11 Å². The van der Waals surface area contributed by atoms with E-state index < -0.39 is 5.97 Å². The van der Waals surface area contributed by atoms with E-state index in [1.165, 1.54) is 5.56 Å². The van der Waals surface area contributed by atoms with Gasteiger partial charge >= 0.3 is 5.97 Å². The molecule has 2 aromatic rings. The van der Waals surface area contributed by atoms with Gasteiger partial charge in [-0.05, 0) is 35.7 Å². The quantitative estimate of drug-likeness (QED) is 0.884. The van der Waals surface area contributed by atoms with Gasteiger partial charge in [0.2, 0.25) is 0 Å². The summed E-state index contributed by atoms with van der Waals surface area (Å²) in [6.07, 6.45) is 0. The highest BCUT2D eigenvalue weighted by atomic mass is 16.4. The molecule has 0 fully saturated rings. The average Bonchev–Trinajstić information content (AvgIpc) is 2.38. The molecule has 0 saturated heterocycles. The van der Waals surface area contributed by atoms with Crippen LogP contribution in [-0.4, -0.2) is 11.1 Å². The molecular formula is C16H16O2. The van der Waals surface area contributed by atoms with Crippen molar-refractivity contribution < 1.29 is 9.90 Å². The lowest BCUT2D eigenvalue weighted by atomic mass is 9.91. The monoisotopic (exact) mass is 240 g/mol. The van der Waals surface area contributed by atoms with E-state index in [1.807, 2.05) is 31.2 Å². The second-order valence-corrected chi connectivity index (χ2v) is 4.57. The summed E-state index contributed by atoms with van der Waals surface area (Å²) in [4.78, 5) is 11.1. The Bertz CT molecular complexity index is 559. The minimum atomic E-state index is -0.875. The van der Waals surface area contributed by atoms with Crippen molar-refractivity contribution in [1.29, 1.82) is 0 Å². The van der Waals surface area contributed by atoms with E-state index in [1.54, 1.807) is 12.1 Å². The van der Waals surface area contributed by atoms with E-state index in [-0.39, 0.29) is 5.92 Å². The van der Waals surface area contributed by atoms with Crippen LogP contribution < -0.4 is 0 Å².